The van der Waals surface area contributed by atoms with E-state index in [4.69, 9.17) is 5.73 Å². The number of nitrogens with two attached hydrogens (primary N) is 1. The third-order valence-electron chi connectivity index (χ3n) is 5.91. The molecule has 1 fully saturated rings. The van der Waals surface area contributed by atoms with Gasteiger partial charge in [-0.1, -0.05) is 37.1 Å². The number of Topliss-reactive ketones (excluding diaryl/α,β-unsaturated/α-hetero) is 1. The molecule has 4 rings (SSSR count). The van der Waals surface area contributed by atoms with Crippen molar-refractivity contribution in [3.05, 3.63) is 54.6 Å². The van der Waals surface area contributed by atoms with Gasteiger partial charge in [-0.05, 0) is 24.3 Å². The Morgan fingerprint density at radius 1 is 1.19 bits per heavy atom. The molecule has 11 heteroatoms. The van der Waals surface area contributed by atoms with Crippen LogP contribution in [0.25, 0.3) is 0 Å². The van der Waals surface area contributed by atoms with Gasteiger partial charge in [0, 0.05) is 31.4 Å². The van der Waals surface area contributed by atoms with Crippen molar-refractivity contribution in [3.63, 3.8) is 0 Å². The van der Waals surface area contributed by atoms with Gasteiger partial charge in [-0.25, -0.2) is 4.79 Å². The average Bonchev–Trinajstić information content (AvgIpc) is 3.46. The van der Waals surface area contributed by atoms with Crippen LogP contribution in [-0.4, -0.2) is 35.4 Å². The van der Waals surface area contributed by atoms with Crippen LogP contribution in [0, 0.1) is 0 Å². The Morgan fingerprint density at radius 3 is 2.62 bits per heavy atom. The fourth-order valence-electron chi connectivity index (χ4n) is 4.13. The Balaban J connectivity index is 1.61. The molecule has 9 nitrogen and oxygen atoms in total. The summed E-state index contributed by atoms with van der Waals surface area (Å²) in [5.41, 5.74) is 4.53. The van der Waals surface area contributed by atoms with Crippen molar-refractivity contribution in [2.45, 2.75) is 49.7 Å². The molecule has 0 radical (unpaired) electrons. The number of thioether (sulfide) groups is 1. The molecule has 0 spiro atoms. The van der Waals surface area contributed by atoms with Crippen LogP contribution in [0.2, 0.25) is 0 Å². The summed E-state index contributed by atoms with van der Waals surface area (Å²) >= 11 is 2.95. The molecule has 1 aliphatic carbocycles. The number of aromatic nitrogens is 5. The molecule has 170 valence electrons. The lowest BCUT2D eigenvalue weighted by Gasteiger charge is -2.25. The van der Waals surface area contributed by atoms with Crippen molar-refractivity contribution in [2.75, 3.05) is 11.5 Å². The Kier molecular flexibility index (Phi) is 6.66. The molecular weight excluding hydrogens is 448 g/mol. The molecule has 0 saturated heterocycles. The summed E-state index contributed by atoms with van der Waals surface area (Å²) in [6, 6.07) is 4.41. The maximum atomic E-state index is 12.9. The summed E-state index contributed by atoms with van der Waals surface area (Å²) in [6.07, 6.45) is 6.37. The zero-order chi connectivity index (χ0) is 22.8. The van der Waals surface area contributed by atoms with E-state index in [0.29, 0.717) is 17.6 Å². The lowest BCUT2D eigenvalue weighted by Crippen LogP contribution is -2.41. The molecule has 2 N–H and O–H groups in total. The SMILES string of the molecule is Cn1c(N)c(C(=O)CSc2nnc(Cc3cccs3)n2C2CCCCC2)c(=O)n(C)c1=O. The summed E-state index contributed by atoms with van der Waals surface area (Å²) < 4.78 is 4.19. The second kappa shape index (κ2) is 9.45. The van der Waals surface area contributed by atoms with Crippen LogP contribution < -0.4 is 17.0 Å². The maximum Gasteiger partial charge on any atom is 0.332 e. The van der Waals surface area contributed by atoms with Gasteiger partial charge in [-0.15, -0.1) is 21.5 Å². The minimum atomic E-state index is -0.677. The molecule has 0 amide bonds. The summed E-state index contributed by atoms with van der Waals surface area (Å²) in [6.45, 7) is 0. The van der Waals surface area contributed by atoms with Gasteiger partial charge in [0.1, 0.15) is 17.2 Å². The topological polar surface area (TPSA) is 118 Å². The first kappa shape index (κ1) is 22.5. The molecule has 3 heterocycles. The highest BCUT2D eigenvalue weighted by molar-refractivity contribution is 7.99. The van der Waals surface area contributed by atoms with Crippen LogP contribution in [0.1, 0.15) is 59.2 Å². The molecule has 1 saturated carbocycles. The van der Waals surface area contributed by atoms with Crippen LogP contribution in [0.4, 0.5) is 5.82 Å². The fourth-order valence-corrected chi connectivity index (χ4v) is 5.72. The van der Waals surface area contributed by atoms with Gasteiger partial charge in [0.2, 0.25) is 0 Å². The fraction of sp³-hybridized carbons (Fsp3) is 0.476. The monoisotopic (exact) mass is 474 g/mol. The van der Waals surface area contributed by atoms with Crippen molar-refractivity contribution >= 4 is 34.7 Å². The van der Waals surface area contributed by atoms with E-state index in [-0.39, 0.29) is 17.1 Å². The lowest BCUT2D eigenvalue weighted by atomic mass is 9.95. The third kappa shape index (κ3) is 4.31. The van der Waals surface area contributed by atoms with Crippen molar-refractivity contribution in [3.8, 4) is 0 Å². The normalized spacial score (nSPS) is 14.7. The average molecular weight is 475 g/mol. The molecule has 3 aromatic rings. The molecule has 0 aromatic carbocycles. The van der Waals surface area contributed by atoms with E-state index in [1.165, 1.54) is 37.2 Å². The van der Waals surface area contributed by atoms with Crippen molar-refractivity contribution in [1.82, 2.24) is 23.9 Å². The quantitative estimate of drug-likeness (QED) is 0.413. The first-order chi connectivity index (χ1) is 15.4. The number of thiophene rings is 1. The molecular formula is C21H26N6O3S2. The largest absolute Gasteiger partial charge is 0.384 e. The lowest BCUT2D eigenvalue weighted by molar-refractivity contribution is 0.102. The first-order valence-corrected chi connectivity index (χ1v) is 12.4. The second-order valence-electron chi connectivity index (χ2n) is 7.99. The Bertz CT molecular complexity index is 1240. The maximum absolute atomic E-state index is 12.9. The van der Waals surface area contributed by atoms with E-state index in [1.54, 1.807) is 11.3 Å². The van der Waals surface area contributed by atoms with Crippen molar-refractivity contribution < 1.29 is 4.79 Å². The number of carbonyl (C=O) groups is 1. The van der Waals surface area contributed by atoms with Gasteiger partial charge in [-0.2, -0.15) is 0 Å². The van der Waals surface area contributed by atoms with E-state index >= 15 is 0 Å². The smallest absolute Gasteiger partial charge is 0.332 e. The second-order valence-corrected chi connectivity index (χ2v) is 9.97. The van der Waals surface area contributed by atoms with E-state index in [1.807, 2.05) is 11.4 Å². The number of rotatable bonds is 7. The summed E-state index contributed by atoms with van der Waals surface area (Å²) in [4.78, 5) is 38.7. The summed E-state index contributed by atoms with van der Waals surface area (Å²) in [5, 5.41) is 11.6. The van der Waals surface area contributed by atoms with Gasteiger partial charge >= 0.3 is 5.69 Å². The Morgan fingerprint density at radius 2 is 1.94 bits per heavy atom. The highest BCUT2D eigenvalue weighted by Gasteiger charge is 2.25. The number of carbonyl (C=O) groups excluding carboxylic acids is 1. The number of anilines is 1. The van der Waals surface area contributed by atoms with Crippen LogP contribution in [0.5, 0.6) is 0 Å². The molecule has 0 aliphatic heterocycles. The predicted molar refractivity (Wildman–Crippen MR) is 126 cm³/mol. The molecule has 32 heavy (non-hydrogen) atoms. The Hall–Kier alpha value is -2.66. The minimum Gasteiger partial charge on any atom is -0.384 e. The van der Waals surface area contributed by atoms with E-state index in [0.717, 1.165) is 40.6 Å². The highest BCUT2D eigenvalue weighted by Crippen LogP contribution is 2.33. The van der Waals surface area contributed by atoms with Crippen LogP contribution in [0.3, 0.4) is 0 Å². The van der Waals surface area contributed by atoms with Crippen LogP contribution >= 0.6 is 23.1 Å². The first-order valence-electron chi connectivity index (χ1n) is 10.6. The Labute approximate surface area is 193 Å². The predicted octanol–water partition coefficient (Wildman–Crippen LogP) is 2.39. The standard InChI is InChI=1S/C21H26N6O3S2/c1-25-18(22)17(19(29)26(2)21(25)30)15(28)12-32-20-24-23-16(11-14-9-6-10-31-14)27(20)13-7-4-3-5-8-13/h6,9-10,13H,3-5,7-8,11-12,22H2,1-2H3. The van der Waals surface area contributed by atoms with Gasteiger partial charge < -0.3 is 10.3 Å². The van der Waals surface area contributed by atoms with E-state index in [9.17, 15) is 14.4 Å². The highest BCUT2D eigenvalue weighted by atomic mass is 32.2. The van der Waals surface area contributed by atoms with Gasteiger partial charge in [0.15, 0.2) is 10.9 Å². The van der Waals surface area contributed by atoms with E-state index < -0.39 is 17.0 Å². The number of ketones is 1. The van der Waals surface area contributed by atoms with Gasteiger partial charge in [-0.3, -0.25) is 18.7 Å². The molecule has 3 aromatic heterocycles. The van der Waals surface area contributed by atoms with Crippen LogP contribution in [0.15, 0.2) is 32.3 Å². The molecule has 0 bridgehead atoms. The van der Waals surface area contributed by atoms with Crippen molar-refractivity contribution in [1.29, 1.82) is 0 Å². The third-order valence-corrected chi connectivity index (χ3v) is 7.73. The summed E-state index contributed by atoms with van der Waals surface area (Å²) in [7, 11) is 2.78. The minimum absolute atomic E-state index is 0.0124. The molecule has 1 aliphatic rings. The zero-order valence-corrected chi connectivity index (χ0v) is 19.7. The number of hydrogen-bond donors (Lipinski definition) is 1. The number of nitrogens with zero attached hydrogens (tertiary/aromatic N) is 5. The van der Waals surface area contributed by atoms with Gasteiger partial charge in [0.05, 0.1) is 5.75 Å². The van der Waals surface area contributed by atoms with Crippen molar-refractivity contribution in [2.24, 2.45) is 14.1 Å². The summed E-state index contributed by atoms with van der Waals surface area (Å²) in [5.74, 6) is 0.339. The molecule has 0 unspecified atom stereocenters. The number of nitrogen functional groups attached to an aromatic ring is 1. The van der Waals surface area contributed by atoms with Gasteiger partial charge in [0.25, 0.3) is 5.56 Å². The van der Waals surface area contributed by atoms with Crippen LogP contribution in [-0.2, 0) is 20.5 Å². The zero-order valence-electron chi connectivity index (χ0n) is 18.1. The number of hydrogen-bond acceptors (Lipinski definition) is 8. The molecule has 0 atom stereocenters. The van der Waals surface area contributed by atoms with E-state index in [2.05, 4.69) is 20.8 Å².